The number of nitrogens with zero attached hydrogens (tertiary/aromatic N) is 3. The average Bonchev–Trinajstić information content (AvgIpc) is 3.53. The largest absolute Gasteiger partial charge is 0.352 e. The van der Waals surface area contributed by atoms with Gasteiger partial charge in [-0.3, -0.25) is 9.78 Å². The molecule has 0 fully saturated rings. The molecule has 0 bridgehead atoms. The van der Waals surface area contributed by atoms with Gasteiger partial charge in [0.05, 0.1) is 23.0 Å². The molecule has 0 unspecified atom stereocenters. The smallest absolute Gasteiger partial charge is 0.252 e. The summed E-state index contributed by atoms with van der Waals surface area (Å²) in [4.78, 5) is 20.4. The minimum absolute atomic E-state index is 0.0518. The maximum atomic E-state index is 12.9. The summed E-state index contributed by atoms with van der Waals surface area (Å²) in [7, 11) is 0. The van der Waals surface area contributed by atoms with E-state index in [4.69, 9.17) is 0 Å². The zero-order chi connectivity index (χ0) is 23.2. The van der Waals surface area contributed by atoms with Crippen LogP contribution in [0.3, 0.4) is 0 Å². The minimum atomic E-state index is -0.0518. The molecular weight excluding hydrogens is 460 g/mol. The Kier molecular flexibility index (Phi) is 6.84. The highest BCUT2D eigenvalue weighted by Gasteiger charge is 2.13. The van der Waals surface area contributed by atoms with Crippen LogP contribution in [0.25, 0.3) is 23.2 Å². The number of fused-ring (bicyclic) bond motifs is 1. The molecule has 2 aromatic carbocycles. The van der Waals surface area contributed by atoms with Crippen LogP contribution in [0.4, 0.5) is 0 Å². The second kappa shape index (κ2) is 10.5. The van der Waals surface area contributed by atoms with Crippen molar-refractivity contribution in [2.45, 2.75) is 16.2 Å². The molecule has 0 saturated heterocycles. The maximum absolute atomic E-state index is 12.9. The van der Waals surface area contributed by atoms with E-state index < -0.39 is 0 Å². The van der Waals surface area contributed by atoms with E-state index in [2.05, 4.69) is 45.0 Å². The second-order valence-corrected chi connectivity index (χ2v) is 9.71. The van der Waals surface area contributed by atoms with Gasteiger partial charge in [-0.15, -0.1) is 11.3 Å². The lowest BCUT2D eigenvalue weighted by atomic mass is 10.2. The van der Waals surface area contributed by atoms with Crippen molar-refractivity contribution in [1.29, 1.82) is 0 Å². The van der Waals surface area contributed by atoms with Crippen molar-refractivity contribution in [3.63, 3.8) is 0 Å². The van der Waals surface area contributed by atoms with E-state index in [1.54, 1.807) is 29.3 Å². The summed E-state index contributed by atoms with van der Waals surface area (Å²) in [5.41, 5.74) is 2.55. The first kappa shape index (κ1) is 22.1. The van der Waals surface area contributed by atoms with Gasteiger partial charge in [0, 0.05) is 39.0 Å². The van der Waals surface area contributed by atoms with E-state index in [-0.39, 0.29) is 5.91 Å². The summed E-state index contributed by atoms with van der Waals surface area (Å²) < 4.78 is 1.84. The molecule has 0 radical (unpaired) electrons. The SMILES string of the molecule is O=C(NCCc1cccs1)c1ccccc1Sc1ccc2cnn(C=Cc3ccccn3)c2c1. The Labute approximate surface area is 206 Å². The van der Waals surface area contributed by atoms with Crippen molar-refractivity contribution in [1.82, 2.24) is 20.1 Å². The Morgan fingerprint density at radius 3 is 2.82 bits per heavy atom. The lowest BCUT2D eigenvalue weighted by molar-refractivity contribution is 0.0951. The van der Waals surface area contributed by atoms with E-state index in [9.17, 15) is 4.79 Å². The van der Waals surface area contributed by atoms with Gasteiger partial charge >= 0.3 is 0 Å². The van der Waals surface area contributed by atoms with Crippen LogP contribution in [0.15, 0.2) is 100 Å². The van der Waals surface area contributed by atoms with Gasteiger partial charge in [-0.25, -0.2) is 4.68 Å². The van der Waals surface area contributed by atoms with Gasteiger partial charge in [-0.05, 0) is 60.3 Å². The number of aromatic nitrogens is 3. The van der Waals surface area contributed by atoms with E-state index in [1.165, 1.54) is 4.88 Å². The number of carbonyl (C=O) groups excluding carboxylic acids is 1. The molecule has 0 saturated carbocycles. The molecule has 0 spiro atoms. The molecule has 0 aliphatic carbocycles. The Morgan fingerprint density at radius 1 is 1.06 bits per heavy atom. The third-order valence-corrected chi connectivity index (χ3v) is 7.24. The molecule has 1 amide bonds. The van der Waals surface area contributed by atoms with Crippen molar-refractivity contribution in [3.05, 3.63) is 107 Å². The molecular formula is C27H22N4OS2. The first-order valence-electron chi connectivity index (χ1n) is 10.9. The second-order valence-electron chi connectivity index (χ2n) is 7.56. The van der Waals surface area contributed by atoms with Gasteiger partial charge in [0.25, 0.3) is 5.91 Å². The lowest BCUT2D eigenvalue weighted by Crippen LogP contribution is -2.26. The fourth-order valence-corrected chi connectivity index (χ4v) is 5.23. The normalized spacial score (nSPS) is 11.3. The van der Waals surface area contributed by atoms with E-state index in [0.29, 0.717) is 12.1 Å². The predicted octanol–water partition coefficient (Wildman–Crippen LogP) is 6.24. The Hall–Kier alpha value is -3.68. The van der Waals surface area contributed by atoms with Crippen LogP contribution in [-0.4, -0.2) is 27.2 Å². The summed E-state index contributed by atoms with van der Waals surface area (Å²) in [5.74, 6) is -0.0518. The van der Waals surface area contributed by atoms with Crippen LogP contribution in [0, 0.1) is 0 Å². The average molecular weight is 483 g/mol. The zero-order valence-electron chi connectivity index (χ0n) is 18.3. The van der Waals surface area contributed by atoms with E-state index in [1.807, 2.05) is 71.7 Å². The number of benzene rings is 2. The highest BCUT2D eigenvalue weighted by molar-refractivity contribution is 7.99. The molecule has 5 nitrogen and oxygen atoms in total. The van der Waals surface area contributed by atoms with Crippen molar-refractivity contribution >= 4 is 52.2 Å². The molecule has 3 aromatic heterocycles. The number of rotatable bonds is 8. The highest BCUT2D eigenvalue weighted by atomic mass is 32.2. The van der Waals surface area contributed by atoms with Crippen molar-refractivity contribution in [2.24, 2.45) is 0 Å². The van der Waals surface area contributed by atoms with E-state index >= 15 is 0 Å². The molecule has 1 N–H and O–H groups in total. The number of amides is 1. The fourth-order valence-electron chi connectivity index (χ4n) is 3.54. The van der Waals surface area contributed by atoms with Crippen LogP contribution in [0.1, 0.15) is 20.9 Å². The molecule has 168 valence electrons. The van der Waals surface area contributed by atoms with E-state index in [0.717, 1.165) is 32.8 Å². The van der Waals surface area contributed by atoms with Crippen LogP contribution in [0.5, 0.6) is 0 Å². The molecule has 5 rings (SSSR count). The van der Waals surface area contributed by atoms with Gasteiger partial charge < -0.3 is 5.32 Å². The first-order valence-corrected chi connectivity index (χ1v) is 12.6. The fraction of sp³-hybridized carbons (Fsp3) is 0.0741. The van der Waals surface area contributed by atoms with Crippen molar-refractivity contribution in [3.8, 4) is 0 Å². The number of hydrogen-bond acceptors (Lipinski definition) is 5. The van der Waals surface area contributed by atoms with Gasteiger partial charge in [0.15, 0.2) is 0 Å². The zero-order valence-corrected chi connectivity index (χ0v) is 19.9. The molecule has 0 aliphatic heterocycles. The minimum Gasteiger partial charge on any atom is -0.352 e. The quantitative estimate of drug-likeness (QED) is 0.284. The number of pyridine rings is 1. The van der Waals surface area contributed by atoms with Gasteiger partial charge in [0.1, 0.15) is 0 Å². The standard InChI is InChI=1S/C27H22N4OS2/c32-27(29-15-12-22-7-5-17-33-22)24-8-1-2-9-26(24)34-23-11-10-20-19-30-31(25(20)18-23)16-13-21-6-3-4-14-28-21/h1-11,13-14,16-19H,12,15H2,(H,29,32). The van der Waals surface area contributed by atoms with Crippen molar-refractivity contribution < 1.29 is 4.79 Å². The number of thiophene rings is 1. The molecule has 7 heteroatoms. The Bertz CT molecular complexity index is 1430. The molecule has 0 aliphatic rings. The Morgan fingerprint density at radius 2 is 1.97 bits per heavy atom. The lowest BCUT2D eigenvalue weighted by Gasteiger charge is -2.10. The predicted molar refractivity (Wildman–Crippen MR) is 140 cm³/mol. The summed E-state index contributed by atoms with van der Waals surface area (Å²) in [5, 5.41) is 10.7. The summed E-state index contributed by atoms with van der Waals surface area (Å²) in [6, 6.07) is 23.9. The molecule has 34 heavy (non-hydrogen) atoms. The topological polar surface area (TPSA) is 59.8 Å². The molecule has 3 heterocycles. The van der Waals surface area contributed by atoms with Crippen molar-refractivity contribution in [2.75, 3.05) is 6.54 Å². The summed E-state index contributed by atoms with van der Waals surface area (Å²) in [6.07, 6.45) is 8.30. The molecule has 0 atom stereocenters. The monoisotopic (exact) mass is 482 g/mol. The van der Waals surface area contributed by atoms with Gasteiger partial charge in [0.2, 0.25) is 0 Å². The number of carbonyl (C=O) groups is 1. The van der Waals surface area contributed by atoms with Gasteiger partial charge in [-0.2, -0.15) is 5.10 Å². The van der Waals surface area contributed by atoms with Crippen LogP contribution in [0.2, 0.25) is 0 Å². The van der Waals surface area contributed by atoms with Gasteiger partial charge in [-0.1, -0.05) is 42.1 Å². The summed E-state index contributed by atoms with van der Waals surface area (Å²) >= 11 is 3.29. The molecule has 5 aromatic rings. The third-order valence-electron chi connectivity index (χ3n) is 5.24. The Balaban J connectivity index is 1.33. The summed E-state index contributed by atoms with van der Waals surface area (Å²) in [6.45, 7) is 0.617. The number of nitrogens with one attached hydrogen (secondary N) is 1. The third kappa shape index (κ3) is 5.27. The highest BCUT2D eigenvalue weighted by Crippen LogP contribution is 2.32. The van der Waals surface area contributed by atoms with Crippen LogP contribution in [-0.2, 0) is 6.42 Å². The van der Waals surface area contributed by atoms with Crippen LogP contribution < -0.4 is 5.32 Å². The first-order chi connectivity index (χ1) is 16.8. The maximum Gasteiger partial charge on any atom is 0.252 e. The number of hydrogen-bond donors (Lipinski definition) is 1. The van der Waals surface area contributed by atoms with Crippen LogP contribution >= 0.6 is 23.1 Å².